The Balaban J connectivity index is 1.66. The van der Waals surface area contributed by atoms with Gasteiger partial charge >= 0.3 is 5.97 Å². The van der Waals surface area contributed by atoms with E-state index in [1.54, 1.807) is 18.2 Å². The number of ether oxygens (including phenoxy) is 2. The van der Waals surface area contributed by atoms with Crippen molar-refractivity contribution in [3.8, 4) is 11.6 Å². The average Bonchev–Trinajstić information content (AvgIpc) is 2.65. The van der Waals surface area contributed by atoms with E-state index in [0.717, 1.165) is 5.56 Å². The van der Waals surface area contributed by atoms with E-state index in [9.17, 15) is 9.18 Å². The van der Waals surface area contributed by atoms with Crippen LogP contribution < -0.4 is 9.64 Å². The van der Waals surface area contributed by atoms with Crippen molar-refractivity contribution in [1.82, 2.24) is 9.97 Å². The Morgan fingerprint density at radius 3 is 2.77 bits per heavy atom. The zero-order valence-electron chi connectivity index (χ0n) is 14.9. The van der Waals surface area contributed by atoms with Crippen molar-refractivity contribution in [2.45, 2.75) is 26.7 Å². The summed E-state index contributed by atoms with van der Waals surface area (Å²) in [6.07, 6.45) is 2.83. The van der Waals surface area contributed by atoms with Crippen LogP contribution in [0.5, 0.6) is 11.6 Å². The fraction of sp³-hybridized carbons (Fsp3) is 0.421. The van der Waals surface area contributed by atoms with Crippen LogP contribution in [0.1, 0.15) is 25.3 Å². The lowest BCUT2D eigenvalue weighted by Gasteiger charge is -2.31. The van der Waals surface area contributed by atoms with Crippen LogP contribution in [-0.4, -0.2) is 35.6 Å². The lowest BCUT2D eigenvalue weighted by atomic mass is 9.97. The normalized spacial score (nSPS) is 15.0. The highest BCUT2D eigenvalue weighted by molar-refractivity contribution is 5.72. The molecule has 1 aliphatic rings. The number of carbonyl (C=O) groups excluding carboxylic acids is 1. The van der Waals surface area contributed by atoms with Crippen LogP contribution in [0.4, 0.5) is 10.2 Å². The molecule has 0 amide bonds. The number of hydrogen-bond donors (Lipinski definition) is 0. The fourth-order valence-corrected chi connectivity index (χ4v) is 2.96. The molecular formula is C19H22FN3O3. The fourth-order valence-electron chi connectivity index (χ4n) is 2.96. The summed E-state index contributed by atoms with van der Waals surface area (Å²) in [5.74, 6) is 0.484. The van der Waals surface area contributed by atoms with Crippen LogP contribution in [0.25, 0.3) is 0 Å². The molecule has 3 rings (SSSR count). The van der Waals surface area contributed by atoms with E-state index >= 15 is 0 Å². The Morgan fingerprint density at radius 2 is 2.04 bits per heavy atom. The number of rotatable bonds is 5. The SMILES string of the molecule is CCOC(=O)C1CCN(c2cc(Oc3cc(C)ccc3F)ncn2)CC1. The van der Waals surface area contributed by atoms with Crippen LogP contribution >= 0.6 is 0 Å². The predicted molar refractivity (Wildman–Crippen MR) is 94.8 cm³/mol. The maximum absolute atomic E-state index is 13.9. The van der Waals surface area contributed by atoms with E-state index in [1.165, 1.54) is 12.4 Å². The predicted octanol–water partition coefficient (Wildman–Crippen LogP) is 3.50. The maximum atomic E-state index is 13.9. The van der Waals surface area contributed by atoms with Gasteiger partial charge in [-0.3, -0.25) is 4.79 Å². The Hall–Kier alpha value is -2.70. The number of piperidine rings is 1. The monoisotopic (exact) mass is 359 g/mol. The molecule has 2 aromatic rings. The van der Waals surface area contributed by atoms with Gasteiger partial charge in [0.1, 0.15) is 12.1 Å². The lowest BCUT2D eigenvalue weighted by molar-refractivity contribution is -0.148. The van der Waals surface area contributed by atoms with Gasteiger partial charge in [-0.1, -0.05) is 6.07 Å². The zero-order valence-corrected chi connectivity index (χ0v) is 14.9. The van der Waals surface area contributed by atoms with Crippen LogP contribution in [-0.2, 0) is 9.53 Å². The first-order valence-corrected chi connectivity index (χ1v) is 8.74. The Bertz CT molecular complexity index is 776. The summed E-state index contributed by atoms with van der Waals surface area (Å²) in [6, 6.07) is 6.36. The number of nitrogens with zero attached hydrogens (tertiary/aromatic N) is 3. The van der Waals surface area contributed by atoms with Gasteiger partial charge in [0.2, 0.25) is 5.88 Å². The van der Waals surface area contributed by atoms with Gasteiger partial charge in [0, 0.05) is 19.2 Å². The molecule has 1 fully saturated rings. The molecule has 1 aromatic carbocycles. The van der Waals surface area contributed by atoms with Gasteiger partial charge in [0.25, 0.3) is 0 Å². The minimum absolute atomic E-state index is 0.0647. The molecule has 2 heterocycles. The van der Waals surface area contributed by atoms with Crippen molar-refractivity contribution in [3.63, 3.8) is 0 Å². The molecular weight excluding hydrogens is 337 g/mol. The zero-order chi connectivity index (χ0) is 18.5. The third kappa shape index (κ3) is 4.28. The molecule has 0 aliphatic carbocycles. The van der Waals surface area contributed by atoms with E-state index in [0.29, 0.717) is 38.4 Å². The third-order valence-corrected chi connectivity index (χ3v) is 4.37. The molecule has 1 aromatic heterocycles. The number of aromatic nitrogens is 2. The van der Waals surface area contributed by atoms with E-state index in [-0.39, 0.29) is 23.5 Å². The van der Waals surface area contributed by atoms with E-state index < -0.39 is 5.82 Å². The van der Waals surface area contributed by atoms with Crippen molar-refractivity contribution in [2.24, 2.45) is 5.92 Å². The molecule has 1 aliphatic heterocycles. The van der Waals surface area contributed by atoms with Crippen LogP contribution in [0, 0.1) is 18.7 Å². The minimum atomic E-state index is -0.439. The average molecular weight is 359 g/mol. The van der Waals surface area contributed by atoms with E-state index in [1.807, 2.05) is 13.8 Å². The van der Waals surface area contributed by atoms with Gasteiger partial charge in [-0.2, -0.15) is 0 Å². The number of benzene rings is 1. The summed E-state index contributed by atoms with van der Waals surface area (Å²) in [4.78, 5) is 22.2. The molecule has 26 heavy (non-hydrogen) atoms. The number of hydrogen-bond acceptors (Lipinski definition) is 6. The van der Waals surface area contributed by atoms with Gasteiger partial charge in [-0.15, -0.1) is 0 Å². The summed E-state index contributed by atoms with van der Waals surface area (Å²) in [5, 5.41) is 0. The molecule has 7 heteroatoms. The standard InChI is InChI=1S/C19H22FN3O3/c1-3-25-19(24)14-6-8-23(9-7-14)17-11-18(22-12-21-17)26-16-10-13(2)4-5-15(16)20/h4-5,10-12,14H,3,6-9H2,1-2H3. The third-order valence-electron chi connectivity index (χ3n) is 4.37. The molecule has 0 saturated carbocycles. The second-order valence-corrected chi connectivity index (χ2v) is 6.26. The number of aryl methyl sites for hydroxylation is 1. The molecule has 0 unspecified atom stereocenters. The Kier molecular flexibility index (Phi) is 5.65. The maximum Gasteiger partial charge on any atom is 0.309 e. The van der Waals surface area contributed by atoms with Gasteiger partial charge in [0.15, 0.2) is 11.6 Å². The molecule has 138 valence electrons. The second-order valence-electron chi connectivity index (χ2n) is 6.26. The van der Waals surface area contributed by atoms with Gasteiger partial charge in [-0.05, 0) is 44.4 Å². The van der Waals surface area contributed by atoms with Crippen molar-refractivity contribution < 1.29 is 18.7 Å². The molecule has 0 bridgehead atoms. The highest BCUT2D eigenvalue weighted by Gasteiger charge is 2.26. The first-order chi connectivity index (χ1) is 12.6. The van der Waals surface area contributed by atoms with Crippen LogP contribution in [0.3, 0.4) is 0 Å². The lowest BCUT2D eigenvalue weighted by Crippen LogP contribution is -2.37. The van der Waals surface area contributed by atoms with Crippen LogP contribution in [0.2, 0.25) is 0 Å². The molecule has 0 atom stereocenters. The largest absolute Gasteiger partial charge is 0.466 e. The van der Waals surface area contributed by atoms with Crippen molar-refractivity contribution in [1.29, 1.82) is 0 Å². The number of anilines is 1. The molecule has 6 nitrogen and oxygen atoms in total. The summed E-state index contributed by atoms with van der Waals surface area (Å²) < 4.78 is 24.5. The highest BCUT2D eigenvalue weighted by Crippen LogP contribution is 2.28. The topological polar surface area (TPSA) is 64.5 Å². The summed E-state index contributed by atoms with van der Waals surface area (Å²) in [6.45, 7) is 5.47. The Morgan fingerprint density at radius 1 is 1.27 bits per heavy atom. The summed E-state index contributed by atoms with van der Waals surface area (Å²) >= 11 is 0. The van der Waals surface area contributed by atoms with Crippen LogP contribution in [0.15, 0.2) is 30.6 Å². The number of halogens is 1. The molecule has 0 spiro atoms. The van der Waals surface area contributed by atoms with E-state index in [4.69, 9.17) is 9.47 Å². The second kappa shape index (κ2) is 8.12. The smallest absolute Gasteiger partial charge is 0.309 e. The van der Waals surface area contributed by atoms with Gasteiger partial charge in [0.05, 0.1) is 12.5 Å². The Labute approximate surface area is 152 Å². The van der Waals surface area contributed by atoms with Crippen molar-refractivity contribution in [2.75, 3.05) is 24.6 Å². The number of carbonyl (C=O) groups is 1. The van der Waals surface area contributed by atoms with Gasteiger partial charge < -0.3 is 14.4 Å². The molecule has 1 saturated heterocycles. The minimum Gasteiger partial charge on any atom is -0.466 e. The molecule has 0 radical (unpaired) electrons. The van der Waals surface area contributed by atoms with Crippen molar-refractivity contribution >= 4 is 11.8 Å². The quantitative estimate of drug-likeness (QED) is 0.762. The first-order valence-electron chi connectivity index (χ1n) is 8.74. The van der Waals surface area contributed by atoms with Crippen molar-refractivity contribution in [3.05, 3.63) is 42.0 Å². The summed E-state index contributed by atoms with van der Waals surface area (Å²) in [5.41, 5.74) is 0.900. The highest BCUT2D eigenvalue weighted by atomic mass is 19.1. The van der Waals surface area contributed by atoms with Gasteiger partial charge in [-0.25, -0.2) is 14.4 Å². The first kappa shape index (κ1) is 18.1. The van der Waals surface area contributed by atoms with E-state index in [2.05, 4.69) is 14.9 Å². The molecule has 0 N–H and O–H groups in total. The summed E-state index contributed by atoms with van der Waals surface area (Å²) in [7, 11) is 0. The number of esters is 1.